The van der Waals surface area contributed by atoms with Crippen molar-refractivity contribution in [1.82, 2.24) is 5.32 Å². The van der Waals surface area contributed by atoms with E-state index in [0.29, 0.717) is 12.0 Å². The molecule has 0 saturated heterocycles. The minimum atomic E-state index is -0.746. The van der Waals surface area contributed by atoms with Crippen LogP contribution in [0.5, 0.6) is 0 Å². The number of amides is 1. The lowest BCUT2D eigenvalue weighted by Gasteiger charge is -2.17. The standard InChI is InChI=1S/C21H18INO3/c1-26-21(25)19(13-14-6-4-9-16(22)12-14)23-20(24)18-11-5-8-15-7-2-3-10-17(15)18/h2-12,19H,13H2,1H3,(H,23,24)/t19-/m0/s1. The number of benzene rings is 3. The van der Waals surface area contributed by atoms with Crippen LogP contribution in [-0.2, 0) is 16.0 Å². The second-order valence-corrected chi connectivity index (χ2v) is 7.16. The molecule has 4 nitrogen and oxygen atoms in total. The molecule has 0 spiro atoms. The van der Waals surface area contributed by atoms with Crippen molar-refractivity contribution in [3.05, 3.63) is 81.4 Å². The van der Waals surface area contributed by atoms with Crippen molar-refractivity contribution in [2.45, 2.75) is 12.5 Å². The first-order valence-electron chi connectivity index (χ1n) is 8.19. The number of halogens is 1. The van der Waals surface area contributed by atoms with Crippen molar-refractivity contribution in [3.8, 4) is 0 Å². The summed E-state index contributed by atoms with van der Waals surface area (Å²) in [6, 6.07) is 20.3. The number of hydrogen-bond donors (Lipinski definition) is 1. The van der Waals surface area contributed by atoms with E-state index < -0.39 is 12.0 Å². The summed E-state index contributed by atoms with van der Waals surface area (Å²) in [6.07, 6.45) is 0.375. The molecule has 1 N–H and O–H groups in total. The van der Waals surface area contributed by atoms with Crippen LogP contribution in [0, 0.1) is 3.57 Å². The van der Waals surface area contributed by atoms with Gasteiger partial charge in [0, 0.05) is 15.6 Å². The second-order valence-electron chi connectivity index (χ2n) is 5.91. The number of rotatable bonds is 5. The van der Waals surface area contributed by atoms with E-state index in [1.807, 2.05) is 60.7 Å². The van der Waals surface area contributed by atoms with Crippen molar-refractivity contribution < 1.29 is 14.3 Å². The number of nitrogens with one attached hydrogen (secondary N) is 1. The number of hydrogen-bond acceptors (Lipinski definition) is 3. The van der Waals surface area contributed by atoms with Gasteiger partial charge >= 0.3 is 5.97 Å². The lowest BCUT2D eigenvalue weighted by Crippen LogP contribution is -2.43. The number of fused-ring (bicyclic) bond motifs is 1. The Bertz CT molecular complexity index is 949. The molecule has 132 valence electrons. The highest BCUT2D eigenvalue weighted by molar-refractivity contribution is 14.1. The Labute approximate surface area is 165 Å². The van der Waals surface area contributed by atoms with Crippen LogP contribution in [0.25, 0.3) is 10.8 Å². The molecule has 0 aromatic heterocycles. The number of ether oxygens (including phenoxy) is 1. The SMILES string of the molecule is COC(=O)[C@H](Cc1cccc(I)c1)NC(=O)c1cccc2ccccc12. The van der Waals surface area contributed by atoms with Gasteiger partial charge in [0.15, 0.2) is 0 Å². The predicted molar refractivity (Wildman–Crippen MR) is 110 cm³/mol. The van der Waals surface area contributed by atoms with Gasteiger partial charge in [0.25, 0.3) is 5.91 Å². The van der Waals surface area contributed by atoms with E-state index in [-0.39, 0.29) is 5.91 Å². The fraction of sp³-hybridized carbons (Fsp3) is 0.143. The zero-order valence-electron chi connectivity index (χ0n) is 14.2. The van der Waals surface area contributed by atoms with E-state index >= 15 is 0 Å². The first-order valence-corrected chi connectivity index (χ1v) is 9.27. The minimum absolute atomic E-state index is 0.289. The second kappa shape index (κ2) is 8.31. The average Bonchev–Trinajstić information content (AvgIpc) is 2.66. The van der Waals surface area contributed by atoms with Crippen molar-refractivity contribution in [2.75, 3.05) is 7.11 Å². The lowest BCUT2D eigenvalue weighted by atomic mass is 10.0. The van der Waals surface area contributed by atoms with Gasteiger partial charge < -0.3 is 10.1 Å². The first-order chi connectivity index (χ1) is 12.6. The summed E-state index contributed by atoms with van der Waals surface area (Å²) in [4.78, 5) is 25.0. The lowest BCUT2D eigenvalue weighted by molar-refractivity contribution is -0.142. The molecule has 0 heterocycles. The fourth-order valence-electron chi connectivity index (χ4n) is 2.89. The molecule has 0 saturated carbocycles. The maximum Gasteiger partial charge on any atom is 0.328 e. The molecule has 3 aromatic carbocycles. The molecular formula is C21H18INO3. The van der Waals surface area contributed by atoms with Gasteiger partial charge in [-0.1, -0.05) is 48.5 Å². The van der Waals surface area contributed by atoms with Crippen LogP contribution in [0.2, 0.25) is 0 Å². The van der Waals surface area contributed by atoms with Gasteiger partial charge in [0.1, 0.15) is 6.04 Å². The first kappa shape index (κ1) is 18.4. The number of esters is 1. The summed E-state index contributed by atoms with van der Waals surface area (Å²) in [5.41, 5.74) is 1.50. The fourth-order valence-corrected chi connectivity index (χ4v) is 3.50. The van der Waals surface area contributed by atoms with E-state index in [1.54, 1.807) is 6.07 Å². The Morgan fingerprint density at radius 1 is 1.04 bits per heavy atom. The summed E-state index contributed by atoms with van der Waals surface area (Å²) >= 11 is 2.22. The Morgan fingerprint density at radius 3 is 2.54 bits per heavy atom. The van der Waals surface area contributed by atoms with Crippen LogP contribution in [0.4, 0.5) is 0 Å². The maximum absolute atomic E-state index is 12.8. The molecule has 3 aromatic rings. The normalized spacial score (nSPS) is 11.8. The van der Waals surface area contributed by atoms with E-state index in [4.69, 9.17) is 4.74 Å². The summed E-state index contributed by atoms with van der Waals surface area (Å²) in [6.45, 7) is 0. The molecule has 26 heavy (non-hydrogen) atoms. The van der Waals surface area contributed by atoms with Gasteiger partial charge in [-0.25, -0.2) is 4.79 Å². The van der Waals surface area contributed by atoms with Crippen molar-refractivity contribution >= 4 is 45.2 Å². The van der Waals surface area contributed by atoms with Gasteiger partial charge in [-0.15, -0.1) is 0 Å². The predicted octanol–water partition coefficient (Wildman–Crippen LogP) is 3.96. The van der Waals surface area contributed by atoms with Crippen molar-refractivity contribution in [3.63, 3.8) is 0 Å². The Morgan fingerprint density at radius 2 is 1.77 bits per heavy atom. The molecule has 1 atom stereocenters. The topological polar surface area (TPSA) is 55.4 Å². The molecule has 0 aliphatic carbocycles. The summed E-state index contributed by atoms with van der Waals surface area (Å²) in [5.74, 6) is -0.750. The van der Waals surface area contributed by atoms with Gasteiger partial charge in [-0.05, 0) is 57.1 Å². The average molecular weight is 459 g/mol. The van der Waals surface area contributed by atoms with E-state index in [2.05, 4.69) is 27.9 Å². The van der Waals surface area contributed by atoms with Crippen LogP contribution in [0.15, 0.2) is 66.7 Å². The molecular weight excluding hydrogens is 441 g/mol. The highest BCUT2D eigenvalue weighted by atomic mass is 127. The molecule has 0 bridgehead atoms. The smallest absolute Gasteiger partial charge is 0.328 e. The van der Waals surface area contributed by atoms with E-state index in [1.165, 1.54) is 7.11 Å². The zero-order valence-corrected chi connectivity index (χ0v) is 16.4. The van der Waals surface area contributed by atoms with Crippen LogP contribution < -0.4 is 5.32 Å². The molecule has 0 radical (unpaired) electrons. The summed E-state index contributed by atoms with van der Waals surface area (Å²) in [5, 5.41) is 4.66. The highest BCUT2D eigenvalue weighted by Crippen LogP contribution is 2.19. The largest absolute Gasteiger partial charge is 0.467 e. The Hall–Kier alpha value is -2.41. The van der Waals surface area contributed by atoms with Crippen LogP contribution in [0.3, 0.4) is 0 Å². The van der Waals surface area contributed by atoms with Gasteiger partial charge in [-0.2, -0.15) is 0 Å². The van der Waals surface area contributed by atoms with Crippen LogP contribution >= 0.6 is 22.6 Å². The van der Waals surface area contributed by atoms with Crippen molar-refractivity contribution in [1.29, 1.82) is 0 Å². The van der Waals surface area contributed by atoms with Gasteiger partial charge in [0.2, 0.25) is 0 Å². The summed E-state index contributed by atoms with van der Waals surface area (Å²) < 4.78 is 5.96. The monoisotopic (exact) mass is 459 g/mol. The third-order valence-electron chi connectivity index (χ3n) is 4.15. The highest BCUT2D eigenvalue weighted by Gasteiger charge is 2.23. The van der Waals surface area contributed by atoms with Crippen LogP contribution in [-0.4, -0.2) is 25.0 Å². The molecule has 3 rings (SSSR count). The third-order valence-corrected chi connectivity index (χ3v) is 4.83. The zero-order chi connectivity index (χ0) is 18.5. The Balaban J connectivity index is 1.86. The number of carbonyl (C=O) groups is 2. The maximum atomic E-state index is 12.8. The Kier molecular flexibility index (Phi) is 5.88. The van der Waals surface area contributed by atoms with Crippen LogP contribution in [0.1, 0.15) is 15.9 Å². The third kappa shape index (κ3) is 4.22. The van der Waals surface area contributed by atoms with Gasteiger partial charge in [-0.3, -0.25) is 4.79 Å². The molecule has 0 unspecified atom stereocenters. The summed E-state index contributed by atoms with van der Waals surface area (Å²) in [7, 11) is 1.33. The molecule has 5 heteroatoms. The van der Waals surface area contributed by atoms with E-state index in [0.717, 1.165) is 19.9 Å². The molecule has 0 aliphatic heterocycles. The number of methoxy groups -OCH3 is 1. The molecule has 0 fully saturated rings. The minimum Gasteiger partial charge on any atom is -0.467 e. The van der Waals surface area contributed by atoms with E-state index in [9.17, 15) is 9.59 Å². The van der Waals surface area contributed by atoms with Gasteiger partial charge in [0.05, 0.1) is 7.11 Å². The van der Waals surface area contributed by atoms with Crippen molar-refractivity contribution in [2.24, 2.45) is 0 Å². The quantitative estimate of drug-likeness (QED) is 0.465. The number of carbonyl (C=O) groups excluding carboxylic acids is 2. The molecule has 0 aliphatic rings. The molecule has 1 amide bonds.